The van der Waals surface area contributed by atoms with Gasteiger partial charge in [0.1, 0.15) is 11.4 Å². The molecule has 0 unspecified atom stereocenters. The second kappa shape index (κ2) is 10.4. The highest BCUT2D eigenvalue weighted by molar-refractivity contribution is 5.78. The summed E-state index contributed by atoms with van der Waals surface area (Å²) >= 11 is 0. The first-order valence-electron chi connectivity index (χ1n) is 12.6. The van der Waals surface area contributed by atoms with E-state index in [1.54, 1.807) is 0 Å². The average molecular weight is 523 g/mol. The molecule has 11 heteroatoms. The maximum absolute atomic E-state index is 12.5. The zero-order valence-electron chi connectivity index (χ0n) is 21.3. The van der Waals surface area contributed by atoms with Gasteiger partial charge in [0.25, 0.3) is 0 Å². The van der Waals surface area contributed by atoms with Crippen molar-refractivity contribution in [3.8, 4) is 17.0 Å². The Balaban J connectivity index is 0.000000405. The van der Waals surface area contributed by atoms with E-state index in [0.717, 1.165) is 63.2 Å². The number of para-hydroxylation sites is 1. The van der Waals surface area contributed by atoms with E-state index in [1.165, 1.54) is 11.3 Å². The first-order valence-corrected chi connectivity index (χ1v) is 12.6. The lowest BCUT2D eigenvalue weighted by molar-refractivity contribution is -0.192. The van der Waals surface area contributed by atoms with E-state index in [0.29, 0.717) is 6.04 Å². The molecular formula is C26H33F3N4O4. The molecule has 0 atom stereocenters. The number of amides is 1. The number of fused-ring (bicyclic) bond motifs is 4. The zero-order valence-corrected chi connectivity index (χ0v) is 21.3. The zero-order chi connectivity index (χ0) is 27.0. The van der Waals surface area contributed by atoms with E-state index < -0.39 is 12.1 Å². The van der Waals surface area contributed by atoms with E-state index >= 15 is 0 Å². The first kappa shape index (κ1) is 27.0. The summed E-state index contributed by atoms with van der Waals surface area (Å²) in [4.78, 5) is 25.8. The van der Waals surface area contributed by atoms with Gasteiger partial charge in [0.15, 0.2) is 0 Å². The lowest BCUT2D eigenvalue weighted by atomic mass is 9.80. The third kappa shape index (κ3) is 5.46. The Kier molecular flexibility index (Phi) is 7.55. The van der Waals surface area contributed by atoms with Crippen molar-refractivity contribution < 1.29 is 32.6 Å². The summed E-state index contributed by atoms with van der Waals surface area (Å²) in [7, 11) is 2.19. The number of aromatic nitrogens is 2. The molecule has 5 rings (SSSR count). The van der Waals surface area contributed by atoms with Crippen LogP contribution in [0.5, 0.6) is 5.75 Å². The van der Waals surface area contributed by atoms with Crippen molar-refractivity contribution >= 4 is 11.9 Å². The molecule has 4 heterocycles. The molecule has 0 saturated carbocycles. The van der Waals surface area contributed by atoms with Crippen LogP contribution in [0.4, 0.5) is 13.2 Å². The molecule has 2 saturated heterocycles. The summed E-state index contributed by atoms with van der Waals surface area (Å²) in [6.07, 6.45) is 0.829. The molecular weight excluding hydrogens is 489 g/mol. The molecule has 1 N–H and O–H groups in total. The second-order valence-electron chi connectivity index (χ2n) is 10.3. The Morgan fingerprint density at radius 2 is 1.70 bits per heavy atom. The largest absolute Gasteiger partial charge is 0.490 e. The number of hydrogen-bond donors (Lipinski definition) is 1. The molecule has 1 spiro atoms. The number of likely N-dealkylation sites (tertiary alicyclic amines) is 2. The fourth-order valence-electron chi connectivity index (χ4n) is 5.32. The van der Waals surface area contributed by atoms with Crippen LogP contribution >= 0.6 is 0 Å². The molecule has 1 amide bonds. The van der Waals surface area contributed by atoms with Gasteiger partial charge in [-0.1, -0.05) is 26.0 Å². The van der Waals surface area contributed by atoms with Crippen molar-refractivity contribution in [2.45, 2.75) is 57.3 Å². The van der Waals surface area contributed by atoms with Crippen molar-refractivity contribution in [2.24, 2.45) is 5.92 Å². The van der Waals surface area contributed by atoms with Crippen molar-refractivity contribution in [1.29, 1.82) is 0 Å². The molecule has 3 aliphatic heterocycles. The number of carboxylic acid groups (broad SMARTS) is 1. The van der Waals surface area contributed by atoms with Crippen LogP contribution in [0.2, 0.25) is 0 Å². The van der Waals surface area contributed by atoms with Gasteiger partial charge in [-0.3, -0.25) is 9.48 Å². The summed E-state index contributed by atoms with van der Waals surface area (Å²) in [6.45, 7) is 7.63. The van der Waals surface area contributed by atoms with Crippen molar-refractivity contribution in [3.63, 3.8) is 0 Å². The van der Waals surface area contributed by atoms with E-state index in [2.05, 4.69) is 34.8 Å². The van der Waals surface area contributed by atoms with Crippen LogP contribution in [0.3, 0.4) is 0 Å². The number of piperidine rings is 2. The molecule has 8 nitrogen and oxygen atoms in total. The van der Waals surface area contributed by atoms with Gasteiger partial charge < -0.3 is 19.6 Å². The number of benzene rings is 1. The molecule has 202 valence electrons. The van der Waals surface area contributed by atoms with Gasteiger partial charge in [-0.05, 0) is 45.1 Å². The Bertz CT molecular complexity index is 1130. The van der Waals surface area contributed by atoms with Gasteiger partial charge in [0, 0.05) is 43.0 Å². The van der Waals surface area contributed by atoms with Gasteiger partial charge >= 0.3 is 12.1 Å². The first-order chi connectivity index (χ1) is 17.4. The molecule has 0 aliphatic carbocycles. The summed E-state index contributed by atoms with van der Waals surface area (Å²) < 4.78 is 40.7. The normalized spacial score (nSPS) is 19.5. The summed E-state index contributed by atoms with van der Waals surface area (Å²) in [5, 5.41) is 12.0. The molecule has 37 heavy (non-hydrogen) atoms. The van der Waals surface area contributed by atoms with Crippen molar-refractivity contribution in [1.82, 2.24) is 19.6 Å². The topological polar surface area (TPSA) is 87.9 Å². The maximum atomic E-state index is 12.5. The van der Waals surface area contributed by atoms with Gasteiger partial charge in [-0.25, -0.2) is 4.79 Å². The molecule has 3 aliphatic rings. The van der Waals surface area contributed by atoms with Crippen LogP contribution in [0, 0.1) is 5.92 Å². The minimum Gasteiger partial charge on any atom is -0.482 e. The number of carboxylic acids is 1. The van der Waals surface area contributed by atoms with E-state index in [-0.39, 0.29) is 17.4 Å². The van der Waals surface area contributed by atoms with Crippen LogP contribution < -0.4 is 4.74 Å². The van der Waals surface area contributed by atoms with Gasteiger partial charge in [0.2, 0.25) is 5.91 Å². The SMILES string of the molecule is CC(C)C(=O)N1CCC2(CC1)Oc1ccccc1-c1c2cnn1C1CCN(C)CC1.O=C(O)C(F)(F)F. The molecule has 2 fully saturated rings. The van der Waals surface area contributed by atoms with Crippen LogP contribution in [-0.2, 0) is 15.2 Å². The Morgan fingerprint density at radius 1 is 1.11 bits per heavy atom. The quantitative estimate of drug-likeness (QED) is 0.632. The van der Waals surface area contributed by atoms with Gasteiger partial charge in [-0.15, -0.1) is 0 Å². The minimum absolute atomic E-state index is 0.0368. The summed E-state index contributed by atoms with van der Waals surface area (Å²) in [6, 6.07) is 8.80. The Morgan fingerprint density at radius 3 is 2.27 bits per heavy atom. The predicted octanol–water partition coefficient (Wildman–Crippen LogP) is 4.32. The Hall–Kier alpha value is -3.08. The predicted molar refractivity (Wildman–Crippen MR) is 130 cm³/mol. The number of nitrogens with zero attached hydrogens (tertiary/aromatic N) is 4. The number of rotatable bonds is 2. The van der Waals surface area contributed by atoms with Crippen molar-refractivity contribution in [2.75, 3.05) is 33.2 Å². The molecule has 1 aromatic carbocycles. The van der Waals surface area contributed by atoms with Crippen molar-refractivity contribution in [3.05, 3.63) is 36.0 Å². The number of halogens is 3. The lowest BCUT2D eigenvalue weighted by Crippen LogP contribution is -2.49. The number of aliphatic carboxylic acids is 1. The third-order valence-electron chi connectivity index (χ3n) is 7.39. The molecule has 0 bridgehead atoms. The lowest BCUT2D eigenvalue weighted by Gasteiger charge is -2.45. The van der Waals surface area contributed by atoms with E-state index in [9.17, 15) is 18.0 Å². The number of alkyl halides is 3. The number of hydrogen-bond acceptors (Lipinski definition) is 5. The molecule has 0 radical (unpaired) electrons. The monoisotopic (exact) mass is 522 g/mol. The second-order valence-corrected chi connectivity index (χ2v) is 10.3. The molecule has 2 aromatic rings. The van der Waals surface area contributed by atoms with Crippen LogP contribution in [-0.4, -0.2) is 76.0 Å². The van der Waals surface area contributed by atoms with Crippen LogP contribution in [0.15, 0.2) is 30.5 Å². The summed E-state index contributed by atoms with van der Waals surface area (Å²) in [5.74, 6) is -1.53. The van der Waals surface area contributed by atoms with Gasteiger partial charge in [-0.2, -0.15) is 18.3 Å². The number of ether oxygens (including phenoxy) is 1. The fourth-order valence-corrected chi connectivity index (χ4v) is 5.32. The number of carbonyl (C=O) groups is 2. The highest BCUT2D eigenvalue weighted by atomic mass is 19.4. The standard InChI is InChI=1S/C24H32N4O2.C2HF3O2/c1-17(2)23(29)27-14-10-24(11-15-27)20-16-25-28(18-8-12-26(3)13-9-18)22(20)19-6-4-5-7-21(19)30-24;3-2(4,5)1(6)7/h4-7,16-18H,8-15H2,1-3H3;(H,6,7). The maximum Gasteiger partial charge on any atom is 0.490 e. The van der Waals surface area contributed by atoms with Crippen LogP contribution in [0.1, 0.15) is 51.1 Å². The summed E-state index contributed by atoms with van der Waals surface area (Å²) in [5.41, 5.74) is 3.20. The van der Waals surface area contributed by atoms with Gasteiger partial charge in [0.05, 0.1) is 17.9 Å². The van der Waals surface area contributed by atoms with Crippen LogP contribution in [0.25, 0.3) is 11.3 Å². The van der Waals surface area contributed by atoms with E-state index in [4.69, 9.17) is 19.7 Å². The van der Waals surface area contributed by atoms with E-state index in [1.807, 2.05) is 31.0 Å². The smallest absolute Gasteiger partial charge is 0.482 e. The highest BCUT2D eigenvalue weighted by Gasteiger charge is 2.46. The third-order valence-corrected chi connectivity index (χ3v) is 7.39. The Labute approximate surface area is 214 Å². The average Bonchev–Trinajstić information content (AvgIpc) is 3.31. The number of carbonyl (C=O) groups excluding carboxylic acids is 1. The minimum atomic E-state index is -5.08. The fraction of sp³-hybridized carbons (Fsp3) is 0.577. The molecule has 1 aromatic heterocycles. The highest BCUT2D eigenvalue weighted by Crippen LogP contribution is 2.50.